The van der Waals surface area contributed by atoms with Crippen molar-refractivity contribution in [2.45, 2.75) is 0 Å². The second-order valence-electron chi connectivity index (χ2n) is 7.07. The molecule has 1 aliphatic heterocycles. The molecule has 0 bridgehead atoms. The molecule has 1 amide bonds. The molecule has 3 aromatic carbocycles. The SMILES string of the molecule is O=C(/C=C/c1ccc(Cl)cc1)Nc1c(C(=O)c2ccc3c(c2)OCO3)oc2ccccc12. The van der Waals surface area contributed by atoms with Crippen molar-refractivity contribution in [2.24, 2.45) is 0 Å². The zero-order valence-corrected chi connectivity index (χ0v) is 17.4. The van der Waals surface area contributed by atoms with E-state index in [1.165, 1.54) is 6.08 Å². The van der Waals surface area contributed by atoms with Gasteiger partial charge in [-0.3, -0.25) is 9.59 Å². The second-order valence-corrected chi connectivity index (χ2v) is 7.51. The summed E-state index contributed by atoms with van der Waals surface area (Å²) in [6.45, 7) is 0.110. The molecular formula is C25H16ClNO5. The predicted molar refractivity (Wildman–Crippen MR) is 121 cm³/mol. The number of carbonyl (C=O) groups is 2. The van der Waals surface area contributed by atoms with Gasteiger partial charge in [0.25, 0.3) is 0 Å². The highest BCUT2D eigenvalue weighted by molar-refractivity contribution is 6.30. The first kappa shape index (κ1) is 19.9. The second kappa shape index (κ2) is 8.24. The van der Waals surface area contributed by atoms with Crippen LogP contribution in [0.25, 0.3) is 17.0 Å². The van der Waals surface area contributed by atoms with Gasteiger partial charge in [-0.15, -0.1) is 0 Å². The summed E-state index contributed by atoms with van der Waals surface area (Å²) < 4.78 is 16.5. The van der Waals surface area contributed by atoms with Gasteiger partial charge in [0.15, 0.2) is 17.3 Å². The largest absolute Gasteiger partial charge is 0.454 e. The lowest BCUT2D eigenvalue weighted by molar-refractivity contribution is -0.111. The minimum atomic E-state index is -0.397. The molecule has 2 heterocycles. The predicted octanol–water partition coefficient (Wildman–Crippen LogP) is 5.70. The summed E-state index contributed by atoms with van der Waals surface area (Å²) in [6, 6.07) is 19.1. The van der Waals surface area contributed by atoms with E-state index in [0.29, 0.717) is 38.7 Å². The van der Waals surface area contributed by atoms with Gasteiger partial charge in [0.2, 0.25) is 18.5 Å². The van der Waals surface area contributed by atoms with Crippen LogP contribution in [0.15, 0.2) is 77.2 Å². The molecule has 0 aliphatic carbocycles. The number of benzene rings is 3. The highest BCUT2D eigenvalue weighted by atomic mass is 35.5. The van der Waals surface area contributed by atoms with Gasteiger partial charge in [0.05, 0.1) is 5.69 Å². The first-order valence-electron chi connectivity index (χ1n) is 9.79. The Morgan fingerprint density at radius 3 is 2.56 bits per heavy atom. The van der Waals surface area contributed by atoms with Crippen molar-refractivity contribution in [3.8, 4) is 11.5 Å². The van der Waals surface area contributed by atoms with E-state index < -0.39 is 5.91 Å². The van der Waals surface area contributed by atoms with Gasteiger partial charge in [0, 0.05) is 22.0 Å². The standard InChI is InChI=1S/C25H16ClNO5/c26-17-9-5-15(6-10-17)7-12-22(28)27-23-18-3-1-2-4-19(18)32-25(23)24(29)16-8-11-20-21(13-16)31-14-30-20/h1-13H,14H2,(H,27,28)/b12-7+. The minimum Gasteiger partial charge on any atom is -0.454 e. The van der Waals surface area contributed by atoms with Crippen molar-refractivity contribution in [1.82, 2.24) is 0 Å². The summed E-state index contributed by atoms with van der Waals surface area (Å²) in [5, 5.41) is 4.04. The molecule has 0 fully saturated rings. The van der Waals surface area contributed by atoms with E-state index in [0.717, 1.165) is 5.56 Å². The number of nitrogens with one attached hydrogen (secondary N) is 1. The van der Waals surface area contributed by atoms with Crippen molar-refractivity contribution in [3.05, 3.63) is 94.7 Å². The minimum absolute atomic E-state index is 0.0401. The molecular weight excluding hydrogens is 430 g/mol. The monoisotopic (exact) mass is 445 g/mol. The van der Waals surface area contributed by atoms with Crippen molar-refractivity contribution in [2.75, 3.05) is 12.1 Å². The number of ketones is 1. The normalized spacial score (nSPS) is 12.4. The fourth-order valence-electron chi connectivity index (χ4n) is 3.41. The first-order chi connectivity index (χ1) is 15.6. The fourth-order valence-corrected chi connectivity index (χ4v) is 3.53. The van der Waals surface area contributed by atoms with E-state index in [2.05, 4.69) is 5.32 Å². The molecule has 6 nitrogen and oxygen atoms in total. The van der Waals surface area contributed by atoms with E-state index in [1.807, 2.05) is 6.07 Å². The van der Waals surface area contributed by atoms with Gasteiger partial charge in [-0.25, -0.2) is 0 Å². The van der Waals surface area contributed by atoms with Crippen molar-refractivity contribution in [1.29, 1.82) is 0 Å². The van der Waals surface area contributed by atoms with E-state index >= 15 is 0 Å². The third kappa shape index (κ3) is 3.84. The van der Waals surface area contributed by atoms with Gasteiger partial charge in [0.1, 0.15) is 5.58 Å². The zero-order chi connectivity index (χ0) is 22.1. The van der Waals surface area contributed by atoms with Crippen LogP contribution in [0, 0.1) is 0 Å². The molecule has 1 aliphatic rings. The molecule has 1 aromatic heterocycles. The summed E-state index contributed by atoms with van der Waals surface area (Å²) >= 11 is 5.89. The van der Waals surface area contributed by atoms with Gasteiger partial charge in [-0.05, 0) is 54.1 Å². The molecule has 32 heavy (non-hydrogen) atoms. The van der Waals surface area contributed by atoms with Crippen LogP contribution in [0.1, 0.15) is 21.7 Å². The van der Waals surface area contributed by atoms with Gasteiger partial charge in [-0.2, -0.15) is 0 Å². The molecule has 0 spiro atoms. The summed E-state index contributed by atoms with van der Waals surface area (Å²) in [6.07, 6.45) is 3.05. The van der Waals surface area contributed by atoms with E-state index in [4.69, 9.17) is 25.5 Å². The van der Waals surface area contributed by atoms with Crippen LogP contribution >= 0.6 is 11.6 Å². The van der Waals surface area contributed by atoms with Crippen LogP contribution in [-0.4, -0.2) is 18.5 Å². The number of halogens is 1. The van der Waals surface area contributed by atoms with Crippen LogP contribution < -0.4 is 14.8 Å². The fraction of sp³-hybridized carbons (Fsp3) is 0.0400. The third-order valence-electron chi connectivity index (χ3n) is 4.98. The number of fused-ring (bicyclic) bond motifs is 2. The Morgan fingerprint density at radius 1 is 0.938 bits per heavy atom. The topological polar surface area (TPSA) is 77.8 Å². The highest BCUT2D eigenvalue weighted by Gasteiger charge is 2.25. The number of ether oxygens (including phenoxy) is 2. The Balaban J connectivity index is 1.47. The Hall–Kier alpha value is -4.03. The Labute approximate surface area is 188 Å². The van der Waals surface area contributed by atoms with Crippen molar-refractivity contribution < 1.29 is 23.5 Å². The number of anilines is 1. The first-order valence-corrected chi connectivity index (χ1v) is 10.2. The Kier molecular flexibility index (Phi) is 5.13. The quantitative estimate of drug-likeness (QED) is 0.315. The molecule has 0 saturated heterocycles. The number of para-hydroxylation sites is 1. The molecule has 0 unspecified atom stereocenters. The molecule has 4 aromatic rings. The molecule has 0 saturated carbocycles. The Morgan fingerprint density at radius 2 is 1.72 bits per heavy atom. The zero-order valence-electron chi connectivity index (χ0n) is 16.6. The number of amides is 1. The third-order valence-corrected chi connectivity index (χ3v) is 5.23. The average molecular weight is 446 g/mol. The highest BCUT2D eigenvalue weighted by Crippen LogP contribution is 2.36. The van der Waals surface area contributed by atoms with Crippen LogP contribution in [0.5, 0.6) is 11.5 Å². The summed E-state index contributed by atoms with van der Waals surface area (Å²) in [5.41, 5.74) is 1.99. The van der Waals surface area contributed by atoms with Crippen LogP contribution in [0.4, 0.5) is 5.69 Å². The molecule has 1 N–H and O–H groups in total. The Bertz CT molecular complexity index is 1370. The lowest BCUT2D eigenvalue weighted by Crippen LogP contribution is -2.11. The average Bonchev–Trinajstić information content (AvgIpc) is 3.42. The van der Waals surface area contributed by atoms with E-state index in [9.17, 15) is 9.59 Å². The van der Waals surface area contributed by atoms with Gasteiger partial charge < -0.3 is 19.2 Å². The van der Waals surface area contributed by atoms with Crippen LogP contribution in [-0.2, 0) is 4.79 Å². The summed E-state index contributed by atoms with van der Waals surface area (Å²) in [7, 11) is 0. The molecule has 158 valence electrons. The number of furan rings is 1. The molecule has 0 radical (unpaired) electrons. The van der Waals surface area contributed by atoms with Crippen molar-refractivity contribution in [3.63, 3.8) is 0 Å². The van der Waals surface area contributed by atoms with E-state index in [-0.39, 0.29) is 18.3 Å². The van der Waals surface area contributed by atoms with Gasteiger partial charge in [-0.1, -0.05) is 35.9 Å². The van der Waals surface area contributed by atoms with Gasteiger partial charge >= 0.3 is 0 Å². The number of hydrogen-bond acceptors (Lipinski definition) is 5. The molecule has 0 atom stereocenters. The summed E-state index contributed by atoms with van der Waals surface area (Å²) in [5.74, 6) is 0.330. The maximum absolute atomic E-state index is 13.3. The molecule has 5 rings (SSSR count). The lowest BCUT2D eigenvalue weighted by atomic mass is 10.1. The smallest absolute Gasteiger partial charge is 0.248 e. The number of hydrogen-bond donors (Lipinski definition) is 1. The number of rotatable bonds is 5. The maximum atomic E-state index is 13.3. The number of carbonyl (C=O) groups excluding carboxylic acids is 2. The van der Waals surface area contributed by atoms with E-state index in [1.54, 1.807) is 66.7 Å². The van der Waals surface area contributed by atoms with Crippen LogP contribution in [0.2, 0.25) is 5.02 Å². The molecule has 7 heteroatoms. The maximum Gasteiger partial charge on any atom is 0.248 e. The summed E-state index contributed by atoms with van der Waals surface area (Å²) in [4.78, 5) is 25.9. The van der Waals surface area contributed by atoms with Crippen LogP contribution in [0.3, 0.4) is 0 Å². The lowest BCUT2D eigenvalue weighted by Gasteiger charge is -2.05. The van der Waals surface area contributed by atoms with Crippen molar-refractivity contribution >= 4 is 46.0 Å².